The number of aromatic nitrogens is 2. The van der Waals surface area contributed by atoms with Crippen molar-refractivity contribution in [3.05, 3.63) is 47.9 Å². The minimum atomic E-state index is -3.83. The molecule has 4 heterocycles. The molecule has 5 rings (SSSR count). The van der Waals surface area contributed by atoms with E-state index in [2.05, 4.69) is 4.98 Å². The number of likely N-dealkylation sites (tertiary alicyclic amines) is 1. The third-order valence-corrected chi connectivity index (χ3v) is 8.78. The molecule has 0 saturated carbocycles. The molecule has 10 heteroatoms. The summed E-state index contributed by atoms with van der Waals surface area (Å²) in [6.45, 7) is 5.35. The number of benzene rings is 1. The predicted molar refractivity (Wildman–Crippen MR) is 121 cm³/mol. The molecule has 1 spiro atoms. The van der Waals surface area contributed by atoms with E-state index in [0.717, 1.165) is 12.8 Å². The first-order valence-electron chi connectivity index (χ1n) is 11.4. The van der Waals surface area contributed by atoms with Crippen LogP contribution in [0, 0.1) is 0 Å². The van der Waals surface area contributed by atoms with E-state index >= 15 is 0 Å². The maximum absolute atomic E-state index is 13.9. The molecule has 1 unspecified atom stereocenters. The van der Waals surface area contributed by atoms with Gasteiger partial charge in [0.1, 0.15) is 0 Å². The van der Waals surface area contributed by atoms with Gasteiger partial charge in [-0.3, -0.25) is 9.59 Å². The lowest BCUT2D eigenvalue weighted by atomic mass is 9.68. The number of hydrogen-bond donors (Lipinski definition) is 0. The molecule has 2 fully saturated rings. The van der Waals surface area contributed by atoms with E-state index in [4.69, 9.17) is 0 Å². The zero-order chi connectivity index (χ0) is 23.5. The standard InChI is InChI=1S/C23H29N5O4S/c1-16(2)28-21(29)18-9-5-4-8-17(18)20(22(30)26-10-6-7-11-26)23(28)13-27(14-23)33(31,32)19-12-25(3)15-24-19/h4-5,8-9,12,15-16,20H,6-7,10-11,13-14H2,1-3H3. The van der Waals surface area contributed by atoms with E-state index in [-0.39, 0.29) is 36.0 Å². The van der Waals surface area contributed by atoms with Crippen LogP contribution in [-0.4, -0.2) is 81.6 Å². The Labute approximate surface area is 194 Å². The molecular formula is C23H29N5O4S. The van der Waals surface area contributed by atoms with E-state index in [1.807, 2.05) is 36.9 Å². The lowest BCUT2D eigenvalue weighted by molar-refractivity contribution is -0.140. The molecule has 9 nitrogen and oxygen atoms in total. The molecule has 0 N–H and O–H groups in total. The summed E-state index contributed by atoms with van der Waals surface area (Å²) in [5, 5.41) is -0.0269. The first-order valence-corrected chi connectivity index (χ1v) is 12.8. The van der Waals surface area contributed by atoms with Crippen LogP contribution in [0.1, 0.15) is 48.5 Å². The number of amides is 2. The van der Waals surface area contributed by atoms with Crippen LogP contribution >= 0.6 is 0 Å². The van der Waals surface area contributed by atoms with Gasteiger partial charge in [-0.05, 0) is 38.3 Å². The molecule has 2 saturated heterocycles. The van der Waals surface area contributed by atoms with Crippen LogP contribution in [0.15, 0.2) is 41.8 Å². The maximum Gasteiger partial charge on any atom is 0.262 e. The summed E-state index contributed by atoms with van der Waals surface area (Å²) in [6, 6.07) is 7.07. The average molecular weight is 472 g/mol. The summed E-state index contributed by atoms with van der Waals surface area (Å²) in [7, 11) is -2.12. The molecule has 0 aliphatic carbocycles. The molecular weight excluding hydrogens is 442 g/mol. The van der Waals surface area contributed by atoms with Gasteiger partial charge in [-0.2, -0.15) is 4.31 Å². The molecule has 0 bridgehead atoms. The van der Waals surface area contributed by atoms with Crippen LogP contribution < -0.4 is 0 Å². The predicted octanol–water partition coefficient (Wildman–Crippen LogP) is 1.43. The molecule has 2 aromatic rings. The summed E-state index contributed by atoms with van der Waals surface area (Å²) in [5.41, 5.74) is 0.299. The smallest absolute Gasteiger partial charge is 0.262 e. The fourth-order valence-corrected chi connectivity index (χ4v) is 7.19. The molecule has 2 amide bonds. The van der Waals surface area contributed by atoms with Gasteiger partial charge in [-0.15, -0.1) is 0 Å². The second kappa shape index (κ2) is 7.66. The Bertz CT molecular complexity index is 1210. The second-order valence-electron chi connectivity index (χ2n) is 9.58. The molecule has 176 valence electrons. The van der Waals surface area contributed by atoms with Gasteiger partial charge < -0.3 is 14.4 Å². The topological polar surface area (TPSA) is 95.8 Å². The maximum atomic E-state index is 13.9. The number of imidazole rings is 1. The fraction of sp³-hybridized carbons (Fsp3) is 0.522. The Hall–Kier alpha value is -2.72. The molecule has 33 heavy (non-hydrogen) atoms. The van der Waals surface area contributed by atoms with Crippen LogP contribution in [0.3, 0.4) is 0 Å². The van der Waals surface area contributed by atoms with Crippen molar-refractivity contribution >= 4 is 21.8 Å². The lowest BCUT2D eigenvalue weighted by Gasteiger charge is -2.61. The third kappa shape index (κ3) is 3.22. The van der Waals surface area contributed by atoms with Crippen LogP contribution in [0.5, 0.6) is 0 Å². The number of aryl methyl sites for hydroxylation is 1. The fourth-order valence-electron chi connectivity index (χ4n) is 5.66. The summed E-state index contributed by atoms with van der Waals surface area (Å²) in [6.07, 6.45) is 4.83. The highest BCUT2D eigenvalue weighted by Gasteiger charge is 2.64. The molecule has 3 aliphatic rings. The van der Waals surface area contributed by atoms with Crippen molar-refractivity contribution in [3.8, 4) is 0 Å². The number of fused-ring (bicyclic) bond motifs is 1. The highest BCUT2D eigenvalue weighted by atomic mass is 32.2. The van der Waals surface area contributed by atoms with Crippen molar-refractivity contribution < 1.29 is 18.0 Å². The highest BCUT2D eigenvalue weighted by molar-refractivity contribution is 7.89. The molecule has 1 aromatic heterocycles. The average Bonchev–Trinajstić information content (AvgIpc) is 3.43. The van der Waals surface area contributed by atoms with E-state index < -0.39 is 21.5 Å². The highest BCUT2D eigenvalue weighted by Crippen LogP contribution is 2.49. The van der Waals surface area contributed by atoms with Crippen molar-refractivity contribution in [1.82, 2.24) is 23.7 Å². The lowest BCUT2D eigenvalue weighted by Crippen LogP contribution is -2.78. The Morgan fingerprint density at radius 2 is 1.82 bits per heavy atom. The van der Waals surface area contributed by atoms with Gasteiger partial charge in [-0.25, -0.2) is 13.4 Å². The van der Waals surface area contributed by atoms with Crippen molar-refractivity contribution in [2.24, 2.45) is 7.05 Å². The van der Waals surface area contributed by atoms with Crippen LogP contribution in [-0.2, 0) is 21.9 Å². The van der Waals surface area contributed by atoms with E-state index in [1.165, 1.54) is 16.8 Å². The van der Waals surface area contributed by atoms with Gasteiger partial charge >= 0.3 is 0 Å². The zero-order valence-corrected chi connectivity index (χ0v) is 20.0. The van der Waals surface area contributed by atoms with Crippen molar-refractivity contribution in [2.75, 3.05) is 26.2 Å². The number of rotatable bonds is 4. The monoisotopic (exact) mass is 471 g/mol. The first kappa shape index (κ1) is 22.1. The van der Waals surface area contributed by atoms with E-state index in [1.54, 1.807) is 22.6 Å². The quantitative estimate of drug-likeness (QED) is 0.672. The van der Waals surface area contributed by atoms with E-state index in [0.29, 0.717) is 24.2 Å². The number of carbonyl (C=O) groups is 2. The Kier molecular flexibility index (Phi) is 5.13. The van der Waals surface area contributed by atoms with Crippen LogP contribution in [0.25, 0.3) is 0 Å². The summed E-state index contributed by atoms with van der Waals surface area (Å²) in [4.78, 5) is 35.1. The van der Waals surface area contributed by atoms with Gasteiger partial charge in [0.05, 0.1) is 17.8 Å². The summed E-state index contributed by atoms with van der Waals surface area (Å²) < 4.78 is 29.4. The SMILES string of the molecule is CC(C)N1C(=O)c2ccccc2C(C(=O)N2CCCC2)C12CN(S(=O)(=O)c1cn(C)cn1)C2. The van der Waals surface area contributed by atoms with Gasteiger partial charge in [0.15, 0.2) is 5.03 Å². The van der Waals surface area contributed by atoms with Gasteiger partial charge in [0.2, 0.25) is 5.91 Å². The summed E-state index contributed by atoms with van der Waals surface area (Å²) in [5.74, 6) is -0.781. The molecule has 3 aliphatic heterocycles. The first-order chi connectivity index (χ1) is 15.7. The molecule has 1 aromatic carbocycles. The third-order valence-electron chi connectivity index (χ3n) is 7.10. The number of nitrogens with zero attached hydrogens (tertiary/aromatic N) is 5. The van der Waals surface area contributed by atoms with Gasteiger partial charge in [0, 0.05) is 51.0 Å². The summed E-state index contributed by atoms with van der Waals surface area (Å²) >= 11 is 0. The molecule has 1 atom stereocenters. The van der Waals surface area contributed by atoms with Crippen LogP contribution in [0.4, 0.5) is 0 Å². The Morgan fingerprint density at radius 3 is 2.42 bits per heavy atom. The van der Waals surface area contributed by atoms with Gasteiger partial charge in [-0.1, -0.05) is 18.2 Å². The number of sulfonamides is 1. The number of hydrogen-bond acceptors (Lipinski definition) is 5. The Morgan fingerprint density at radius 1 is 1.15 bits per heavy atom. The number of carbonyl (C=O) groups excluding carboxylic acids is 2. The van der Waals surface area contributed by atoms with Crippen LogP contribution in [0.2, 0.25) is 0 Å². The van der Waals surface area contributed by atoms with Gasteiger partial charge in [0.25, 0.3) is 15.9 Å². The minimum absolute atomic E-state index is 0.0204. The van der Waals surface area contributed by atoms with Crippen molar-refractivity contribution in [2.45, 2.75) is 49.2 Å². The van der Waals surface area contributed by atoms with Crippen molar-refractivity contribution in [3.63, 3.8) is 0 Å². The largest absolute Gasteiger partial charge is 0.342 e. The second-order valence-corrected chi connectivity index (χ2v) is 11.5. The van der Waals surface area contributed by atoms with Crippen molar-refractivity contribution in [1.29, 1.82) is 0 Å². The normalized spacial score (nSPS) is 22.7. The molecule has 0 radical (unpaired) electrons. The zero-order valence-electron chi connectivity index (χ0n) is 19.1. The van der Waals surface area contributed by atoms with E-state index in [9.17, 15) is 18.0 Å². The Balaban J connectivity index is 1.60. The minimum Gasteiger partial charge on any atom is -0.342 e.